The first-order valence-corrected chi connectivity index (χ1v) is 8.30. The smallest absolute Gasteiger partial charge is 0.137 e. The van der Waals surface area contributed by atoms with Gasteiger partial charge in [-0.05, 0) is 30.4 Å². The van der Waals surface area contributed by atoms with E-state index in [9.17, 15) is 0 Å². The average molecular weight is 277 g/mol. The van der Waals surface area contributed by atoms with Gasteiger partial charge in [-0.2, -0.15) is 0 Å². The van der Waals surface area contributed by atoms with Crippen molar-refractivity contribution in [2.45, 2.75) is 77.6 Å². The van der Waals surface area contributed by atoms with Gasteiger partial charge in [0, 0.05) is 6.20 Å². The highest BCUT2D eigenvalue weighted by Crippen LogP contribution is 2.29. The second kappa shape index (κ2) is 10.7. The monoisotopic (exact) mass is 277 g/mol. The van der Waals surface area contributed by atoms with Crippen molar-refractivity contribution in [3.05, 3.63) is 24.0 Å². The number of unbranched alkanes of at least 4 members (excludes halogenated alkanes) is 5. The first kappa shape index (κ1) is 17.0. The quantitative estimate of drug-likeness (QED) is 0.482. The molecule has 1 atom stereocenters. The number of nitrogens with zero attached hydrogens (tertiary/aromatic N) is 1. The molecule has 0 saturated heterocycles. The van der Waals surface area contributed by atoms with E-state index in [1.165, 1.54) is 63.4 Å². The summed E-state index contributed by atoms with van der Waals surface area (Å²) < 4.78 is 5.31. The lowest BCUT2D eigenvalue weighted by Gasteiger charge is -2.17. The maximum atomic E-state index is 5.31. The van der Waals surface area contributed by atoms with E-state index in [4.69, 9.17) is 4.74 Å². The van der Waals surface area contributed by atoms with Gasteiger partial charge in [-0.15, -0.1) is 0 Å². The third-order valence-electron chi connectivity index (χ3n) is 4.00. The molecule has 0 aliphatic heterocycles. The summed E-state index contributed by atoms with van der Waals surface area (Å²) in [5.74, 6) is 1.54. The highest BCUT2D eigenvalue weighted by Gasteiger charge is 2.12. The van der Waals surface area contributed by atoms with Crippen LogP contribution in [-0.4, -0.2) is 12.1 Å². The van der Waals surface area contributed by atoms with E-state index in [-0.39, 0.29) is 0 Å². The highest BCUT2D eigenvalue weighted by molar-refractivity contribution is 5.26. The molecule has 1 rings (SSSR count). The van der Waals surface area contributed by atoms with Gasteiger partial charge in [-0.1, -0.05) is 58.8 Å². The molecule has 2 nitrogen and oxygen atoms in total. The van der Waals surface area contributed by atoms with Crippen molar-refractivity contribution in [3.8, 4) is 5.75 Å². The van der Waals surface area contributed by atoms with Gasteiger partial charge in [0.05, 0.1) is 13.3 Å². The Hall–Kier alpha value is -1.05. The second-order valence-corrected chi connectivity index (χ2v) is 5.70. The minimum absolute atomic E-state index is 0.654. The summed E-state index contributed by atoms with van der Waals surface area (Å²) in [5, 5.41) is 0. The molecule has 0 aliphatic rings. The van der Waals surface area contributed by atoms with Crippen LogP contribution < -0.4 is 4.74 Å². The summed E-state index contributed by atoms with van der Waals surface area (Å²) in [6, 6.07) is 2.17. The standard InChI is InChI=1S/C18H31NO/c1-4-6-8-10-12-16(11-9-7-5-2)17-13-18(20-3)15-19-14-17/h13-16H,4-12H2,1-3H3. The fourth-order valence-corrected chi connectivity index (χ4v) is 2.71. The molecule has 0 saturated carbocycles. The fourth-order valence-electron chi connectivity index (χ4n) is 2.71. The van der Waals surface area contributed by atoms with Gasteiger partial charge in [0.15, 0.2) is 0 Å². The van der Waals surface area contributed by atoms with E-state index in [0.29, 0.717) is 5.92 Å². The van der Waals surface area contributed by atoms with Crippen LogP contribution in [0.1, 0.15) is 83.1 Å². The fraction of sp³-hybridized carbons (Fsp3) is 0.722. The van der Waals surface area contributed by atoms with Crippen LogP contribution in [0.3, 0.4) is 0 Å². The highest BCUT2D eigenvalue weighted by atomic mass is 16.5. The number of hydrogen-bond donors (Lipinski definition) is 0. The van der Waals surface area contributed by atoms with Crippen molar-refractivity contribution in [2.75, 3.05) is 7.11 Å². The van der Waals surface area contributed by atoms with Gasteiger partial charge >= 0.3 is 0 Å². The SMILES string of the molecule is CCCCCCC(CCCCC)c1cncc(OC)c1. The summed E-state index contributed by atoms with van der Waals surface area (Å²) in [5.41, 5.74) is 1.36. The van der Waals surface area contributed by atoms with Crippen LogP contribution in [0.25, 0.3) is 0 Å². The molecular weight excluding hydrogens is 246 g/mol. The zero-order valence-electron chi connectivity index (χ0n) is 13.5. The lowest BCUT2D eigenvalue weighted by atomic mass is 9.89. The Morgan fingerprint density at radius 2 is 1.60 bits per heavy atom. The van der Waals surface area contributed by atoms with E-state index in [2.05, 4.69) is 24.9 Å². The van der Waals surface area contributed by atoms with Crippen LogP contribution in [0.15, 0.2) is 18.5 Å². The van der Waals surface area contributed by atoms with Crippen molar-refractivity contribution < 1.29 is 4.74 Å². The lowest BCUT2D eigenvalue weighted by Crippen LogP contribution is -2.01. The summed E-state index contributed by atoms with van der Waals surface area (Å²) in [4.78, 5) is 4.32. The van der Waals surface area contributed by atoms with Gasteiger partial charge in [0.25, 0.3) is 0 Å². The van der Waals surface area contributed by atoms with E-state index >= 15 is 0 Å². The van der Waals surface area contributed by atoms with Crippen molar-refractivity contribution in [1.29, 1.82) is 0 Å². The number of methoxy groups -OCH3 is 1. The van der Waals surface area contributed by atoms with Crippen LogP contribution in [0, 0.1) is 0 Å². The van der Waals surface area contributed by atoms with Crippen LogP contribution in [0.4, 0.5) is 0 Å². The lowest BCUT2D eigenvalue weighted by molar-refractivity contribution is 0.410. The molecule has 0 aliphatic carbocycles. The number of pyridine rings is 1. The Morgan fingerprint density at radius 1 is 0.950 bits per heavy atom. The third-order valence-corrected chi connectivity index (χ3v) is 4.00. The van der Waals surface area contributed by atoms with E-state index in [1.54, 1.807) is 13.3 Å². The Bertz CT molecular complexity index is 351. The minimum Gasteiger partial charge on any atom is -0.495 e. The zero-order chi connectivity index (χ0) is 14.6. The minimum atomic E-state index is 0.654. The van der Waals surface area contributed by atoms with Crippen molar-refractivity contribution in [2.24, 2.45) is 0 Å². The summed E-state index contributed by atoms with van der Waals surface area (Å²) in [6.07, 6.45) is 15.7. The first-order valence-electron chi connectivity index (χ1n) is 8.30. The predicted octanol–water partition coefficient (Wildman–Crippen LogP) is 5.72. The topological polar surface area (TPSA) is 22.1 Å². The molecule has 20 heavy (non-hydrogen) atoms. The predicted molar refractivity (Wildman–Crippen MR) is 86.4 cm³/mol. The molecule has 0 bridgehead atoms. The van der Waals surface area contributed by atoms with E-state index in [0.717, 1.165) is 5.75 Å². The van der Waals surface area contributed by atoms with Gasteiger partial charge in [0.1, 0.15) is 5.75 Å². The number of ether oxygens (including phenoxy) is 1. The Balaban J connectivity index is 2.58. The van der Waals surface area contributed by atoms with Gasteiger partial charge in [-0.25, -0.2) is 0 Å². The molecule has 1 aromatic heterocycles. The van der Waals surface area contributed by atoms with E-state index < -0.39 is 0 Å². The molecule has 114 valence electrons. The van der Waals surface area contributed by atoms with Crippen LogP contribution in [-0.2, 0) is 0 Å². The number of rotatable bonds is 11. The van der Waals surface area contributed by atoms with Crippen molar-refractivity contribution in [1.82, 2.24) is 4.98 Å². The third kappa shape index (κ3) is 6.40. The molecule has 2 heteroatoms. The number of hydrogen-bond acceptors (Lipinski definition) is 2. The molecule has 0 spiro atoms. The molecule has 0 radical (unpaired) electrons. The normalized spacial score (nSPS) is 12.3. The Morgan fingerprint density at radius 3 is 2.25 bits per heavy atom. The van der Waals surface area contributed by atoms with Gasteiger partial charge < -0.3 is 4.74 Å². The van der Waals surface area contributed by atoms with Crippen molar-refractivity contribution in [3.63, 3.8) is 0 Å². The summed E-state index contributed by atoms with van der Waals surface area (Å²) in [7, 11) is 1.72. The summed E-state index contributed by atoms with van der Waals surface area (Å²) in [6.45, 7) is 4.54. The molecule has 0 N–H and O–H groups in total. The average Bonchev–Trinajstić information content (AvgIpc) is 2.50. The van der Waals surface area contributed by atoms with Gasteiger partial charge in [0.2, 0.25) is 0 Å². The molecular formula is C18H31NO. The maximum absolute atomic E-state index is 5.31. The molecule has 0 aromatic carbocycles. The van der Waals surface area contributed by atoms with Gasteiger partial charge in [-0.3, -0.25) is 4.98 Å². The van der Waals surface area contributed by atoms with Crippen LogP contribution >= 0.6 is 0 Å². The van der Waals surface area contributed by atoms with Crippen LogP contribution in [0.2, 0.25) is 0 Å². The molecule has 1 unspecified atom stereocenters. The summed E-state index contributed by atoms with van der Waals surface area (Å²) >= 11 is 0. The van der Waals surface area contributed by atoms with Crippen LogP contribution in [0.5, 0.6) is 5.75 Å². The first-order chi connectivity index (χ1) is 9.81. The Labute approximate surface area is 125 Å². The molecule has 0 amide bonds. The largest absolute Gasteiger partial charge is 0.495 e. The zero-order valence-corrected chi connectivity index (χ0v) is 13.5. The second-order valence-electron chi connectivity index (χ2n) is 5.70. The molecule has 1 heterocycles. The van der Waals surface area contributed by atoms with Crippen molar-refractivity contribution >= 4 is 0 Å². The van der Waals surface area contributed by atoms with E-state index in [1.807, 2.05) is 6.20 Å². The Kier molecular flexibility index (Phi) is 9.10. The molecule has 0 fully saturated rings. The maximum Gasteiger partial charge on any atom is 0.137 e. The molecule has 1 aromatic rings. The number of aromatic nitrogens is 1.